The summed E-state index contributed by atoms with van der Waals surface area (Å²) >= 11 is 3.40. The first kappa shape index (κ1) is 13.7. The molecule has 0 bridgehead atoms. The molecule has 6 nitrogen and oxygen atoms in total. The lowest BCUT2D eigenvalue weighted by Crippen LogP contribution is -2.04. The molecule has 2 aromatic heterocycles. The van der Waals surface area contributed by atoms with Crippen LogP contribution in [0.2, 0.25) is 0 Å². The third kappa shape index (κ3) is 2.92. The van der Waals surface area contributed by atoms with Crippen molar-refractivity contribution in [1.29, 1.82) is 0 Å². The Hall–Kier alpha value is -2.28. The molecule has 0 unspecified atom stereocenters. The lowest BCUT2D eigenvalue weighted by atomic mass is 10.1. The van der Waals surface area contributed by atoms with Crippen molar-refractivity contribution < 1.29 is 9.90 Å². The zero-order chi connectivity index (χ0) is 14.8. The summed E-state index contributed by atoms with van der Waals surface area (Å²) in [5.41, 5.74) is 2.36. The summed E-state index contributed by atoms with van der Waals surface area (Å²) in [5.74, 6) is -0.317. The number of carbonyl (C=O) groups is 1. The molecule has 7 heteroatoms. The molecular weight excluding hydrogens is 336 g/mol. The van der Waals surface area contributed by atoms with Crippen molar-refractivity contribution in [3.05, 3.63) is 46.7 Å². The number of aliphatic carboxylic acids is 1. The standard InChI is InChI=1S/C14H11BrN4O2/c15-10-3-1-9(2-4-10)11-5-6-12-16-17-13(19(12)18-11)7-8-14(20)21/h1-6H,7-8H2,(H,20,21). The average Bonchev–Trinajstić information content (AvgIpc) is 2.88. The maximum absolute atomic E-state index is 10.7. The molecule has 0 saturated carbocycles. The first-order valence-corrected chi connectivity index (χ1v) is 7.12. The number of aromatic nitrogens is 4. The fourth-order valence-corrected chi connectivity index (χ4v) is 2.25. The number of hydrogen-bond donors (Lipinski definition) is 1. The van der Waals surface area contributed by atoms with Crippen LogP contribution in [-0.2, 0) is 11.2 Å². The quantitative estimate of drug-likeness (QED) is 0.785. The summed E-state index contributed by atoms with van der Waals surface area (Å²) in [6.45, 7) is 0. The minimum absolute atomic E-state index is 0.00495. The van der Waals surface area contributed by atoms with Gasteiger partial charge in [-0.25, -0.2) is 0 Å². The van der Waals surface area contributed by atoms with Crippen LogP contribution in [0.3, 0.4) is 0 Å². The van der Waals surface area contributed by atoms with Crippen LogP contribution in [0.15, 0.2) is 40.9 Å². The van der Waals surface area contributed by atoms with Gasteiger partial charge >= 0.3 is 5.97 Å². The highest BCUT2D eigenvalue weighted by Gasteiger charge is 2.10. The van der Waals surface area contributed by atoms with Crippen LogP contribution >= 0.6 is 15.9 Å². The zero-order valence-corrected chi connectivity index (χ0v) is 12.5. The third-order valence-corrected chi connectivity index (χ3v) is 3.56. The van der Waals surface area contributed by atoms with E-state index in [0.717, 1.165) is 15.7 Å². The number of nitrogens with zero attached hydrogens (tertiary/aromatic N) is 4. The van der Waals surface area contributed by atoms with Crippen molar-refractivity contribution in [3.63, 3.8) is 0 Å². The molecule has 0 amide bonds. The Labute approximate surface area is 128 Å². The van der Waals surface area contributed by atoms with Gasteiger partial charge in [0.1, 0.15) is 0 Å². The number of carboxylic acid groups (broad SMARTS) is 1. The molecule has 106 valence electrons. The lowest BCUT2D eigenvalue weighted by molar-refractivity contribution is -0.137. The Kier molecular flexibility index (Phi) is 3.66. The van der Waals surface area contributed by atoms with E-state index in [2.05, 4.69) is 31.2 Å². The minimum atomic E-state index is -0.865. The van der Waals surface area contributed by atoms with Gasteiger partial charge in [-0.15, -0.1) is 10.2 Å². The van der Waals surface area contributed by atoms with Gasteiger partial charge in [-0.3, -0.25) is 4.79 Å². The van der Waals surface area contributed by atoms with E-state index in [1.54, 1.807) is 4.52 Å². The van der Waals surface area contributed by atoms with Crippen molar-refractivity contribution >= 4 is 27.5 Å². The molecule has 21 heavy (non-hydrogen) atoms. The van der Waals surface area contributed by atoms with E-state index in [1.807, 2.05) is 36.4 Å². The van der Waals surface area contributed by atoms with Crippen molar-refractivity contribution in [2.75, 3.05) is 0 Å². The van der Waals surface area contributed by atoms with Crippen molar-refractivity contribution in [1.82, 2.24) is 19.8 Å². The van der Waals surface area contributed by atoms with Gasteiger partial charge in [-0.2, -0.15) is 9.61 Å². The fourth-order valence-electron chi connectivity index (χ4n) is 1.98. The summed E-state index contributed by atoms with van der Waals surface area (Å²) in [4.78, 5) is 10.7. The fraction of sp³-hybridized carbons (Fsp3) is 0.143. The molecule has 0 fully saturated rings. The van der Waals surface area contributed by atoms with Crippen LogP contribution in [0.1, 0.15) is 12.2 Å². The van der Waals surface area contributed by atoms with E-state index < -0.39 is 5.97 Å². The smallest absolute Gasteiger partial charge is 0.303 e. The van der Waals surface area contributed by atoms with Crippen LogP contribution in [-0.4, -0.2) is 30.9 Å². The molecule has 0 aliphatic carbocycles. The van der Waals surface area contributed by atoms with E-state index in [-0.39, 0.29) is 6.42 Å². The van der Waals surface area contributed by atoms with E-state index in [0.29, 0.717) is 17.9 Å². The second-order valence-corrected chi connectivity index (χ2v) is 5.42. The number of rotatable bonds is 4. The van der Waals surface area contributed by atoms with Gasteiger partial charge in [0.2, 0.25) is 0 Å². The Morgan fingerprint density at radius 3 is 2.62 bits per heavy atom. The van der Waals surface area contributed by atoms with E-state index in [9.17, 15) is 4.79 Å². The monoisotopic (exact) mass is 346 g/mol. The Morgan fingerprint density at radius 2 is 1.90 bits per heavy atom. The van der Waals surface area contributed by atoms with Crippen molar-refractivity contribution in [3.8, 4) is 11.3 Å². The number of hydrogen-bond acceptors (Lipinski definition) is 4. The summed E-state index contributed by atoms with van der Waals surface area (Å²) in [7, 11) is 0. The van der Waals surface area contributed by atoms with Crippen molar-refractivity contribution in [2.45, 2.75) is 12.8 Å². The van der Waals surface area contributed by atoms with Crippen LogP contribution < -0.4 is 0 Å². The van der Waals surface area contributed by atoms with Crippen LogP contribution in [0.4, 0.5) is 0 Å². The first-order chi connectivity index (χ1) is 10.1. The third-order valence-electron chi connectivity index (χ3n) is 3.03. The summed E-state index contributed by atoms with van der Waals surface area (Å²) in [5, 5.41) is 21.2. The normalized spacial score (nSPS) is 10.9. The van der Waals surface area contributed by atoms with E-state index in [1.165, 1.54) is 0 Å². The molecule has 0 spiro atoms. The predicted octanol–water partition coefficient (Wildman–Crippen LogP) is 2.57. The van der Waals surface area contributed by atoms with Gasteiger partial charge in [0, 0.05) is 16.5 Å². The molecule has 3 rings (SSSR count). The van der Waals surface area contributed by atoms with Gasteiger partial charge in [-0.1, -0.05) is 28.1 Å². The number of fused-ring (bicyclic) bond motifs is 1. The van der Waals surface area contributed by atoms with Crippen molar-refractivity contribution in [2.24, 2.45) is 0 Å². The predicted molar refractivity (Wildman–Crippen MR) is 79.9 cm³/mol. The van der Waals surface area contributed by atoms with E-state index in [4.69, 9.17) is 5.11 Å². The Bertz CT molecular complexity index is 798. The minimum Gasteiger partial charge on any atom is -0.481 e. The topological polar surface area (TPSA) is 80.4 Å². The molecule has 0 atom stereocenters. The molecule has 1 N–H and O–H groups in total. The lowest BCUT2D eigenvalue weighted by Gasteiger charge is -2.03. The van der Waals surface area contributed by atoms with Gasteiger partial charge in [0.05, 0.1) is 12.1 Å². The SMILES string of the molecule is O=C(O)CCc1nnc2ccc(-c3ccc(Br)cc3)nn12. The molecule has 3 aromatic rings. The molecule has 0 saturated heterocycles. The summed E-state index contributed by atoms with van der Waals surface area (Å²) in [6.07, 6.45) is 0.304. The highest BCUT2D eigenvalue weighted by molar-refractivity contribution is 9.10. The Balaban J connectivity index is 1.99. The number of benzene rings is 1. The maximum atomic E-state index is 10.7. The van der Waals surface area contributed by atoms with Gasteiger partial charge in [-0.05, 0) is 24.3 Å². The van der Waals surface area contributed by atoms with Crippen LogP contribution in [0.5, 0.6) is 0 Å². The van der Waals surface area contributed by atoms with Gasteiger partial charge in [0.25, 0.3) is 0 Å². The second kappa shape index (κ2) is 5.61. The van der Waals surface area contributed by atoms with E-state index >= 15 is 0 Å². The zero-order valence-electron chi connectivity index (χ0n) is 10.9. The first-order valence-electron chi connectivity index (χ1n) is 6.32. The molecule has 0 radical (unpaired) electrons. The molecule has 1 aromatic carbocycles. The Morgan fingerprint density at radius 1 is 1.14 bits per heavy atom. The van der Waals surface area contributed by atoms with Gasteiger partial charge < -0.3 is 5.11 Å². The highest BCUT2D eigenvalue weighted by Crippen LogP contribution is 2.20. The van der Waals surface area contributed by atoms with Gasteiger partial charge in [0.15, 0.2) is 11.5 Å². The molecule has 0 aliphatic rings. The molecule has 2 heterocycles. The second-order valence-electron chi connectivity index (χ2n) is 4.51. The maximum Gasteiger partial charge on any atom is 0.303 e. The largest absolute Gasteiger partial charge is 0.481 e. The average molecular weight is 347 g/mol. The number of aryl methyl sites for hydroxylation is 1. The highest BCUT2D eigenvalue weighted by atomic mass is 79.9. The number of carboxylic acids is 1. The van der Waals surface area contributed by atoms with Crippen LogP contribution in [0, 0.1) is 0 Å². The molecule has 0 aliphatic heterocycles. The summed E-state index contributed by atoms with van der Waals surface area (Å²) < 4.78 is 2.60. The number of halogens is 1. The summed E-state index contributed by atoms with van der Waals surface area (Å²) in [6, 6.07) is 11.5. The van der Waals surface area contributed by atoms with Crippen LogP contribution in [0.25, 0.3) is 16.9 Å². The molecular formula is C14H11BrN4O2.